The molecule has 0 amide bonds. The van der Waals surface area contributed by atoms with Crippen LogP contribution in [0.4, 0.5) is 0 Å². The minimum absolute atomic E-state index is 0.504. The Morgan fingerprint density at radius 3 is 2.52 bits per heavy atom. The van der Waals surface area contributed by atoms with Gasteiger partial charge in [0, 0.05) is 24.2 Å². The molecular formula is C15H28N4OS. The summed E-state index contributed by atoms with van der Waals surface area (Å²) in [5.74, 6) is 0.728. The van der Waals surface area contributed by atoms with Crippen LogP contribution in [-0.4, -0.2) is 34.7 Å². The van der Waals surface area contributed by atoms with E-state index in [0.717, 1.165) is 36.8 Å². The molecule has 0 radical (unpaired) electrons. The topological polar surface area (TPSA) is 69.5 Å². The van der Waals surface area contributed by atoms with Crippen LogP contribution in [0.5, 0.6) is 0 Å². The number of aromatic nitrogens is 1. The average Bonchev–Trinajstić information content (AvgIpc) is 2.97. The lowest BCUT2D eigenvalue weighted by Crippen LogP contribution is -2.46. The minimum atomic E-state index is -0.674. The van der Waals surface area contributed by atoms with Crippen molar-refractivity contribution in [2.24, 2.45) is 4.99 Å². The fourth-order valence-corrected chi connectivity index (χ4v) is 2.61. The van der Waals surface area contributed by atoms with Crippen LogP contribution in [0.1, 0.15) is 50.4 Å². The molecule has 0 aliphatic rings. The summed E-state index contributed by atoms with van der Waals surface area (Å²) < 4.78 is 0. The Morgan fingerprint density at radius 2 is 2.00 bits per heavy atom. The first-order chi connectivity index (χ1) is 10.1. The van der Waals surface area contributed by atoms with Crippen LogP contribution in [0.2, 0.25) is 0 Å². The number of aliphatic imine (C=N–C) groups is 1. The van der Waals surface area contributed by atoms with Crippen molar-refractivity contribution in [2.75, 3.05) is 13.1 Å². The molecule has 0 aliphatic heterocycles. The minimum Gasteiger partial charge on any atom is -0.388 e. The molecule has 5 nitrogen and oxygen atoms in total. The third-order valence-corrected chi connectivity index (χ3v) is 4.69. The van der Waals surface area contributed by atoms with E-state index in [-0.39, 0.29) is 0 Å². The summed E-state index contributed by atoms with van der Waals surface area (Å²) in [4.78, 5) is 10.2. The third kappa shape index (κ3) is 6.01. The van der Waals surface area contributed by atoms with E-state index in [2.05, 4.69) is 27.5 Å². The van der Waals surface area contributed by atoms with Gasteiger partial charge in [-0.05, 0) is 26.2 Å². The van der Waals surface area contributed by atoms with Gasteiger partial charge in [-0.2, -0.15) is 0 Å². The number of thiazole rings is 1. The van der Waals surface area contributed by atoms with Gasteiger partial charge in [0.1, 0.15) is 5.01 Å². The summed E-state index contributed by atoms with van der Waals surface area (Å²) in [6, 6.07) is 0. The number of nitrogens with one attached hydrogen (secondary N) is 2. The number of aryl methyl sites for hydroxylation is 1. The van der Waals surface area contributed by atoms with Crippen LogP contribution in [0.25, 0.3) is 0 Å². The highest BCUT2D eigenvalue weighted by molar-refractivity contribution is 7.11. The van der Waals surface area contributed by atoms with E-state index in [1.807, 2.05) is 27.0 Å². The van der Waals surface area contributed by atoms with E-state index in [0.29, 0.717) is 13.1 Å². The molecule has 0 fully saturated rings. The Morgan fingerprint density at radius 1 is 1.29 bits per heavy atom. The normalized spacial score (nSPS) is 12.5. The van der Waals surface area contributed by atoms with Gasteiger partial charge >= 0.3 is 0 Å². The lowest BCUT2D eigenvalue weighted by atomic mass is 9.98. The average molecular weight is 312 g/mol. The number of nitrogens with zero attached hydrogens (tertiary/aromatic N) is 2. The molecule has 21 heavy (non-hydrogen) atoms. The van der Waals surface area contributed by atoms with Gasteiger partial charge in [0.2, 0.25) is 0 Å². The summed E-state index contributed by atoms with van der Waals surface area (Å²) in [5, 5.41) is 17.7. The second-order valence-corrected chi connectivity index (χ2v) is 6.25. The molecule has 1 rings (SSSR count). The smallest absolute Gasteiger partial charge is 0.191 e. The molecule has 1 heterocycles. The van der Waals surface area contributed by atoms with Crippen molar-refractivity contribution >= 4 is 17.3 Å². The molecular weight excluding hydrogens is 284 g/mol. The van der Waals surface area contributed by atoms with Gasteiger partial charge in [-0.25, -0.2) is 9.98 Å². The molecule has 0 saturated carbocycles. The maximum Gasteiger partial charge on any atom is 0.191 e. The van der Waals surface area contributed by atoms with Crippen molar-refractivity contribution in [1.29, 1.82) is 0 Å². The van der Waals surface area contributed by atoms with Gasteiger partial charge in [-0.1, -0.05) is 20.8 Å². The van der Waals surface area contributed by atoms with Gasteiger partial charge in [0.05, 0.1) is 12.1 Å². The van der Waals surface area contributed by atoms with Gasteiger partial charge in [0.15, 0.2) is 5.96 Å². The van der Waals surface area contributed by atoms with Gasteiger partial charge in [0.25, 0.3) is 0 Å². The summed E-state index contributed by atoms with van der Waals surface area (Å²) in [7, 11) is 0. The van der Waals surface area contributed by atoms with Crippen LogP contribution < -0.4 is 10.6 Å². The molecule has 1 aromatic rings. The van der Waals surface area contributed by atoms with Crippen molar-refractivity contribution in [3.63, 3.8) is 0 Å². The lowest BCUT2D eigenvalue weighted by molar-refractivity contribution is 0.0367. The first kappa shape index (κ1) is 17.9. The Labute approximate surface area is 131 Å². The summed E-state index contributed by atoms with van der Waals surface area (Å²) in [6.45, 7) is 10.0. The second-order valence-electron chi connectivity index (χ2n) is 5.05. The van der Waals surface area contributed by atoms with Crippen molar-refractivity contribution in [3.05, 3.63) is 16.1 Å². The Kier molecular flexibility index (Phi) is 7.67. The van der Waals surface area contributed by atoms with E-state index in [1.165, 1.54) is 4.88 Å². The van der Waals surface area contributed by atoms with Crippen LogP contribution in [0, 0.1) is 0 Å². The molecule has 0 unspecified atom stereocenters. The predicted octanol–water partition coefficient (Wildman–Crippen LogP) is 2.31. The largest absolute Gasteiger partial charge is 0.388 e. The van der Waals surface area contributed by atoms with Crippen LogP contribution in [0.3, 0.4) is 0 Å². The third-order valence-electron chi connectivity index (χ3n) is 3.57. The van der Waals surface area contributed by atoms with Crippen molar-refractivity contribution in [1.82, 2.24) is 15.6 Å². The standard InChI is InChI=1S/C15H28N4OS/c1-5-12-9-17-13(21-12)10-18-14(16-8-4)19-11-15(20,6-2)7-3/h9,20H,5-8,10-11H2,1-4H3,(H2,16,18,19). The Bertz CT molecular complexity index is 441. The van der Waals surface area contributed by atoms with Crippen molar-refractivity contribution in [2.45, 2.75) is 59.1 Å². The Hall–Kier alpha value is -1.14. The highest BCUT2D eigenvalue weighted by Gasteiger charge is 2.22. The molecule has 0 atom stereocenters. The summed E-state index contributed by atoms with van der Waals surface area (Å²) >= 11 is 1.70. The number of rotatable bonds is 8. The highest BCUT2D eigenvalue weighted by atomic mass is 32.1. The molecule has 0 aromatic carbocycles. The first-order valence-electron chi connectivity index (χ1n) is 7.75. The zero-order valence-corrected chi connectivity index (χ0v) is 14.4. The zero-order valence-electron chi connectivity index (χ0n) is 13.6. The van der Waals surface area contributed by atoms with E-state index in [1.54, 1.807) is 11.3 Å². The zero-order chi connectivity index (χ0) is 15.7. The molecule has 3 N–H and O–H groups in total. The molecule has 120 valence electrons. The van der Waals surface area contributed by atoms with Crippen LogP contribution >= 0.6 is 11.3 Å². The number of aliphatic hydroxyl groups is 1. The van der Waals surface area contributed by atoms with Crippen molar-refractivity contribution < 1.29 is 5.11 Å². The molecule has 0 aliphatic carbocycles. The van der Waals surface area contributed by atoms with Crippen LogP contribution in [0.15, 0.2) is 11.2 Å². The maximum atomic E-state index is 10.3. The maximum absolute atomic E-state index is 10.3. The first-order valence-corrected chi connectivity index (χ1v) is 8.56. The van der Waals surface area contributed by atoms with Gasteiger partial charge in [-0.15, -0.1) is 11.3 Å². The molecule has 0 spiro atoms. The number of hydrogen-bond acceptors (Lipinski definition) is 4. The quantitative estimate of drug-likeness (QED) is 0.509. The predicted molar refractivity (Wildman–Crippen MR) is 89.8 cm³/mol. The van der Waals surface area contributed by atoms with E-state index in [9.17, 15) is 5.11 Å². The summed E-state index contributed by atoms with van der Waals surface area (Å²) in [5.41, 5.74) is -0.674. The molecule has 1 aromatic heterocycles. The number of hydrogen-bond donors (Lipinski definition) is 3. The van der Waals surface area contributed by atoms with Gasteiger partial charge < -0.3 is 15.7 Å². The SMILES string of the molecule is CCNC(=NCc1ncc(CC)s1)NCC(O)(CC)CC. The monoisotopic (exact) mass is 312 g/mol. The van der Waals surface area contributed by atoms with E-state index >= 15 is 0 Å². The summed E-state index contributed by atoms with van der Waals surface area (Å²) in [6.07, 6.45) is 4.38. The fourth-order valence-electron chi connectivity index (χ4n) is 1.82. The number of guanidine groups is 1. The molecule has 0 bridgehead atoms. The fraction of sp³-hybridized carbons (Fsp3) is 0.733. The molecule has 0 saturated heterocycles. The van der Waals surface area contributed by atoms with Crippen molar-refractivity contribution in [3.8, 4) is 0 Å². The lowest BCUT2D eigenvalue weighted by Gasteiger charge is -2.26. The second kappa shape index (κ2) is 9.00. The van der Waals surface area contributed by atoms with Gasteiger partial charge in [-0.3, -0.25) is 0 Å². The highest BCUT2D eigenvalue weighted by Crippen LogP contribution is 2.14. The Balaban J connectivity index is 2.61. The van der Waals surface area contributed by atoms with E-state index in [4.69, 9.17) is 0 Å². The molecule has 6 heteroatoms. The van der Waals surface area contributed by atoms with Crippen LogP contribution in [-0.2, 0) is 13.0 Å². The van der Waals surface area contributed by atoms with E-state index < -0.39 is 5.60 Å².